The monoisotopic (exact) mass is 354 g/mol. The van der Waals surface area contributed by atoms with Crippen LogP contribution in [0.3, 0.4) is 0 Å². The topological polar surface area (TPSA) is 85.4 Å². The second kappa shape index (κ2) is 7.64. The van der Waals surface area contributed by atoms with Crippen molar-refractivity contribution in [1.82, 2.24) is 4.98 Å². The summed E-state index contributed by atoms with van der Waals surface area (Å²) in [6, 6.07) is 7.01. The van der Waals surface area contributed by atoms with Gasteiger partial charge < -0.3 is 15.6 Å². The Morgan fingerprint density at radius 1 is 1.48 bits per heavy atom. The van der Waals surface area contributed by atoms with Crippen molar-refractivity contribution in [3.8, 4) is 5.88 Å². The second-order valence-corrected chi connectivity index (χ2v) is 5.83. The Morgan fingerprint density at radius 2 is 2.22 bits per heavy atom. The van der Waals surface area contributed by atoms with E-state index >= 15 is 0 Å². The SMILES string of the molecule is Cc1cc(Cl)cc(Cl)c1CN.O=C(O)C1COc2ncccc21. The third-order valence-corrected chi connectivity index (χ3v) is 4.00. The minimum Gasteiger partial charge on any atom is -0.481 e. The summed E-state index contributed by atoms with van der Waals surface area (Å²) in [7, 11) is 0. The summed E-state index contributed by atoms with van der Waals surface area (Å²) in [5.41, 5.74) is 8.16. The van der Waals surface area contributed by atoms with Crippen LogP contribution in [0.15, 0.2) is 30.5 Å². The second-order valence-electron chi connectivity index (χ2n) is 4.99. The fourth-order valence-electron chi connectivity index (χ4n) is 2.24. The lowest BCUT2D eigenvalue weighted by atomic mass is 10.0. The van der Waals surface area contributed by atoms with Crippen LogP contribution >= 0.6 is 23.2 Å². The predicted octanol–water partition coefficient (Wildman–Crippen LogP) is 3.40. The number of aliphatic carboxylic acids is 1. The number of benzene rings is 1. The maximum Gasteiger partial charge on any atom is 0.314 e. The molecule has 0 radical (unpaired) electrons. The van der Waals surface area contributed by atoms with Crippen LogP contribution in [0.5, 0.6) is 5.88 Å². The third-order valence-electron chi connectivity index (χ3n) is 3.45. The van der Waals surface area contributed by atoms with E-state index in [9.17, 15) is 4.79 Å². The number of carboxylic acids is 1. The quantitative estimate of drug-likeness (QED) is 0.862. The van der Waals surface area contributed by atoms with Crippen molar-refractivity contribution in [1.29, 1.82) is 0 Å². The smallest absolute Gasteiger partial charge is 0.314 e. The van der Waals surface area contributed by atoms with Gasteiger partial charge in [-0.2, -0.15) is 0 Å². The molecule has 1 aliphatic rings. The molecule has 23 heavy (non-hydrogen) atoms. The molecule has 2 heterocycles. The number of hydrogen-bond acceptors (Lipinski definition) is 4. The molecule has 3 rings (SSSR count). The van der Waals surface area contributed by atoms with Crippen LogP contribution in [0, 0.1) is 6.92 Å². The van der Waals surface area contributed by atoms with Gasteiger partial charge in [-0.25, -0.2) is 4.98 Å². The van der Waals surface area contributed by atoms with E-state index < -0.39 is 11.9 Å². The van der Waals surface area contributed by atoms with Gasteiger partial charge in [-0.3, -0.25) is 4.79 Å². The number of nitrogens with zero attached hydrogens (tertiary/aromatic N) is 1. The Morgan fingerprint density at radius 3 is 2.83 bits per heavy atom. The van der Waals surface area contributed by atoms with Crippen LogP contribution in [-0.4, -0.2) is 22.7 Å². The Labute approximate surface area is 144 Å². The number of aryl methyl sites for hydroxylation is 1. The highest BCUT2D eigenvalue weighted by Gasteiger charge is 2.30. The molecule has 0 aliphatic carbocycles. The third kappa shape index (κ3) is 4.13. The Kier molecular flexibility index (Phi) is 5.82. The normalized spacial score (nSPS) is 15.2. The van der Waals surface area contributed by atoms with E-state index in [2.05, 4.69) is 4.98 Å². The minimum atomic E-state index is -0.859. The first kappa shape index (κ1) is 17.5. The summed E-state index contributed by atoms with van der Waals surface area (Å²) in [6.07, 6.45) is 1.59. The first-order chi connectivity index (χ1) is 10.9. The van der Waals surface area contributed by atoms with Gasteiger partial charge in [-0.1, -0.05) is 29.3 Å². The van der Waals surface area contributed by atoms with Crippen molar-refractivity contribution in [2.45, 2.75) is 19.4 Å². The number of fused-ring (bicyclic) bond motifs is 1. The largest absolute Gasteiger partial charge is 0.481 e. The van der Waals surface area contributed by atoms with Crippen LogP contribution in [-0.2, 0) is 11.3 Å². The summed E-state index contributed by atoms with van der Waals surface area (Å²) in [6.45, 7) is 2.60. The molecule has 0 spiro atoms. The lowest BCUT2D eigenvalue weighted by Gasteiger charge is -2.05. The Balaban J connectivity index is 0.000000168. The van der Waals surface area contributed by atoms with Crippen LogP contribution in [0.2, 0.25) is 10.0 Å². The van der Waals surface area contributed by atoms with Crippen molar-refractivity contribution in [2.75, 3.05) is 6.61 Å². The number of rotatable bonds is 2. The lowest BCUT2D eigenvalue weighted by Crippen LogP contribution is -2.12. The van der Waals surface area contributed by atoms with E-state index in [4.69, 9.17) is 38.8 Å². The Bertz CT molecular complexity index is 699. The van der Waals surface area contributed by atoms with E-state index in [0.717, 1.165) is 11.1 Å². The fourth-order valence-corrected chi connectivity index (χ4v) is 2.91. The van der Waals surface area contributed by atoms with Crippen LogP contribution in [0.25, 0.3) is 0 Å². The highest BCUT2D eigenvalue weighted by molar-refractivity contribution is 6.35. The van der Waals surface area contributed by atoms with E-state index in [-0.39, 0.29) is 6.61 Å². The lowest BCUT2D eigenvalue weighted by molar-refractivity contribution is -0.138. The molecule has 1 aromatic heterocycles. The summed E-state index contributed by atoms with van der Waals surface area (Å²) in [5, 5.41) is 10.1. The summed E-state index contributed by atoms with van der Waals surface area (Å²) < 4.78 is 5.08. The molecule has 1 atom stereocenters. The van der Waals surface area contributed by atoms with Gasteiger partial charge in [0.2, 0.25) is 5.88 Å². The molecule has 1 aromatic carbocycles. The van der Waals surface area contributed by atoms with E-state index in [1.807, 2.05) is 13.0 Å². The van der Waals surface area contributed by atoms with Gasteiger partial charge in [0.1, 0.15) is 12.5 Å². The Hall–Kier alpha value is -1.82. The zero-order valence-corrected chi connectivity index (χ0v) is 13.9. The molecule has 0 amide bonds. The molecule has 5 nitrogen and oxygen atoms in total. The van der Waals surface area contributed by atoms with Crippen molar-refractivity contribution in [3.05, 3.63) is 57.2 Å². The molecule has 7 heteroatoms. The van der Waals surface area contributed by atoms with Gasteiger partial charge >= 0.3 is 5.97 Å². The molecule has 0 saturated heterocycles. The average molecular weight is 355 g/mol. The van der Waals surface area contributed by atoms with E-state index in [1.165, 1.54) is 0 Å². The fraction of sp³-hybridized carbons (Fsp3) is 0.250. The number of carboxylic acid groups (broad SMARTS) is 1. The number of halogens is 2. The van der Waals surface area contributed by atoms with Gasteiger partial charge in [0, 0.05) is 28.4 Å². The maximum atomic E-state index is 10.7. The predicted molar refractivity (Wildman–Crippen MR) is 89.2 cm³/mol. The van der Waals surface area contributed by atoms with Gasteiger partial charge in [-0.15, -0.1) is 0 Å². The summed E-state index contributed by atoms with van der Waals surface area (Å²) in [4.78, 5) is 14.6. The highest BCUT2D eigenvalue weighted by Crippen LogP contribution is 2.31. The highest BCUT2D eigenvalue weighted by atomic mass is 35.5. The standard InChI is InChI=1S/C8H9Cl2N.C8H7NO3/c1-5-2-6(9)3-8(10)7(5)4-11;10-8(11)6-4-12-7-5(6)2-1-3-9-7/h2-3H,4,11H2,1H3;1-3,6H,4H2,(H,10,11). The first-order valence-corrected chi connectivity index (χ1v) is 7.64. The van der Waals surface area contributed by atoms with Crippen molar-refractivity contribution in [2.24, 2.45) is 5.73 Å². The maximum absolute atomic E-state index is 10.7. The average Bonchev–Trinajstić information content (AvgIpc) is 2.91. The summed E-state index contributed by atoms with van der Waals surface area (Å²) in [5.74, 6) is -0.958. The van der Waals surface area contributed by atoms with Crippen LogP contribution in [0.1, 0.15) is 22.6 Å². The molecule has 1 unspecified atom stereocenters. The molecule has 0 fully saturated rings. The first-order valence-electron chi connectivity index (χ1n) is 6.89. The molecule has 0 saturated carbocycles. The molecular formula is C16H16Cl2N2O3. The van der Waals surface area contributed by atoms with Gasteiger partial charge in [0.15, 0.2) is 0 Å². The van der Waals surface area contributed by atoms with Crippen molar-refractivity contribution in [3.63, 3.8) is 0 Å². The van der Waals surface area contributed by atoms with Crippen LogP contribution < -0.4 is 10.5 Å². The molecule has 0 bridgehead atoms. The number of nitrogens with two attached hydrogens (primary N) is 1. The van der Waals surface area contributed by atoms with Crippen molar-refractivity contribution >= 4 is 29.2 Å². The number of carbonyl (C=O) groups is 1. The zero-order chi connectivity index (χ0) is 17.0. The minimum absolute atomic E-state index is 0.196. The van der Waals surface area contributed by atoms with Gasteiger partial charge in [0.05, 0.1) is 0 Å². The molecule has 1 aliphatic heterocycles. The molecule has 122 valence electrons. The van der Waals surface area contributed by atoms with E-state index in [0.29, 0.717) is 28.0 Å². The number of pyridine rings is 1. The number of ether oxygens (including phenoxy) is 1. The zero-order valence-electron chi connectivity index (χ0n) is 12.4. The molecular weight excluding hydrogens is 339 g/mol. The van der Waals surface area contributed by atoms with Gasteiger partial charge in [-0.05, 0) is 36.2 Å². The van der Waals surface area contributed by atoms with Crippen LogP contribution in [0.4, 0.5) is 0 Å². The van der Waals surface area contributed by atoms with Crippen molar-refractivity contribution < 1.29 is 14.6 Å². The van der Waals surface area contributed by atoms with E-state index in [1.54, 1.807) is 24.4 Å². The van der Waals surface area contributed by atoms with Gasteiger partial charge in [0.25, 0.3) is 0 Å². The molecule has 2 aromatic rings. The number of aromatic nitrogens is 1. The summed E-state index contributed by atoms with van der Waals surface area (Å²) >= 11 is 11.6. The number of hydrogen-bond donors (Lipinski definition) is 2. The molecule has 3 N–H and O–H groups in total.